The average Bonchev–Trinajstić information content (AvgIpc) is 3.52. The zero-order valence-electron chi connectivity index (χ0n) is 22.2. The molecule has 8 nitrogen and oxygen atoms in total. The van der Waals surface area contributed by atoms with E-state index in [0.29, 0.717) is 11.9 Å². The Morgan fingerprint density at radius 2 is 1.61 bits per heavy atom. The molecule has 3 aromatic carbocycles. The second kappa shape index (κ2) is 11.0. The lowest BCUT2D eigenvalue weighted by Crippen LogP contribution is -2.38. The number of nitrogens with zero attached hydrogens (tertiary/aromatic N) is 7. The number of likely N-dealkylation sites (tertiary alicyclic amines) is 1. The number of anilines is 1. The van der Waals surface area contributed by atoms with Gasteiger partial charge in [-0.25, -0.2) is 24.9 Å². The van der Waals surface area contributed by atoms with E-state index < -0.39 is 0 Å². The Morgan fingerprint density at radius 1 is 0.829 bits per heavy atom. The number of nitriles is 1. The van der Waals surface area contributed by atoms with Crippen LogP contribution in [0.1, 0.15) is 24.2 Å². The number of hydrogen-bond donors (Lipinski definition) is 1. The molecule has 1 fully saturated rings. The van der Waals surface area contributed by atoms with Crippen molar-refractivity contribution >= 4 is 38.4 Å². The average molecular weight is 555 g/mol. The second-order valence-corrected chi connectivity index (χ2v) is 11.1. The van der Waals surface area contributed by atoms with E-state index in [1.54, 1.807) is 17.5 Å². The van der Waals surface area contributed by atoms with Crippen LogP contribution in [0.15, 0.2) is 84.5 Å². The van der Waals surface area contributed by atoms with Crippen LogP contribution in [0.2, 0.25) is 0 Å². The van der Waals surface area contributed by atoms with Gasteiger partial charge in [0.05, 0.1) is 27.1 Å². The smallest absolute Gasteiger partial charge is 0.234 e. The highest BCUT2D eigenvalue weighted by Gasteiger charge is 2.20. The lowest BCUT2D eigenvalue weighted by Gasteiger charge is -2.32. The van der Waals surface area contributed by atoms with Gasteiger partial charge in [0.2, 0.25) is 5.82 Å². The molecular formula is C32H26N8S. The van der Waals surface area contributed by atoms with Crippen LogP contribution in [0.4, 0.5) is 5.82 Å². The number of benzene rings is 3. The Hall–Kier alpha value is -4.78. The molecule has 0 aliphatic carbocycles. The van der Waals surface area contributed by atoms with Crippen LogP contribution < -0.4 is 5.32 Å². The fourth-order valence-corrected chi connectivity index (χ4v) is 6.09. The molecule has 0 radical (unpaired) electrons. The van der Waals surface area contributed by atoms with Gasteiger partial charge in [-0.3, -0.25) is 4.90 Å². The van der Waals surface area contributed by atoms with Crippen molar-refractivity contribution in [3.63, 3.8) is 0 Å². The molecular weight excluding hydrogens is 528 g/mol. The summed E-state index contributed by atoms with van der Waals surface area (Å²) in [6, 6.07) is 27.3. The van der Waals surface area contributed by atoms with Gasteiger partial charge in [0, 0.05) is 43.0 Å². The molecule has 1 aliphatic rings. The normalized spacial score (nSPS) is 14.3. The van der Waals surface area contributed by atoms with Crippen molar-refractivity contribution in [3.05, 3.63) is 95.9 Å². The van der Waals surface area contributed by atoms with E-state index in [4.69, 9.17) is 15.2 Å². The number of piperidine rings is 1. The molecule has 1 aliphatic heterocycles. The summed E-state index contributed by atoms with van der Waals surface area (Å²) in [6.45, 7) is 2.89. The van der Waals surface area contributed by atoms with Crippen molar-refractivity contribution in [2.45, 2.75) is 25.4 Å². The standard InChI is InChI=1S/C32H26N8S/c33-18-28-34-15-12-27(38-28)36-24-13-16-40(17-14-24)19-21-6-8-23(9-7-21)29-30(22-4-2-1-3-5-22)39-31-25(37-29)10-11-26-32(31)35-20-41-26/h1-12,15,20,24H,13-14,16-17,19H2,(H,34,36,38). The zero-order chi connectivity index (χ0) is 27.6. The van der Waals surface area contributed by atoms with E-state index >= 15 is 0 Å². The number of thiazole rings is 1. The highest BCUT2D eigenvalue weighted by molar-refractivity contribution is 7.16. The van der Waals surface area contributed by atoms with Crippen molar-refractivity contribution in [2.24, 2.45) is 0 Å². The number of aromatic nitrogens is 5. The molecule has 1 N–H and O–H groups in total. The predicted octanol–water partition coefficient (Wildman–Crippen LogP) is 6.31. The maximum absolute atomic E-state index is 9.04. The van der Waals surface area contributed by atoms with E-state index in [-0.39, 0.29) is 5.82 Å². The van der Waals surface area contributed by atoms with Crippen molar-refractivity contribution < 1.29 is 0 Å². The molecule has 4 heterocycles. The van der Waals surface area contributed by atoms with E-state index in [0.717, 1.165) is 76.2 Å². The molecule has 3 aromatic heterocycles. The van der Waals surface area contributed by atoms with Crippen LogP contribution >= 0.6 is 11.3 Å². The van der Waals surface area contributed by atoms with Gasteiger partial charge < -0.3 is 5.32 Å². The monoisotopic (exact) mass is 554 g/mol. The third kappa shape index (κ3) is 5.23. The van der Waals surface area contributed by atoms with Crippen molar-refractivity contribution in [1.82, 2.24) is 29.8 Å². The van der Waals surface area contributed by atoms with Gasteiger partial charge in [-0.15, -0.1) is 11.3 Å². The maximum atomic E-state index is 9.04. The fourth-order valence-electron chi connectivity index (χ4n) is 5.41. The first kappa shape index (κ1) is 25.2. The summed E-state index contributed by atoms with van der Waals surface area (Å²) in [5.41, 5.74) is 9.56. The number of hydrogen-bond acceptors (Lipinski definition) is 9. The molecule has 0 spiro atoms. The van der Waals surface area contributed by atoms with Crippen LogP contribution in [-0.4, -0.2) is 49.0 Å². The Balaban J connectivity index is 1.09. The van der Waals surface area contributed by atoms with Crippen LogP contribution in [0.3, 0.4) is 0 Å². The Bertz CT molecular complexity index is 1870. The highest BCUT2D eigenvalue weighted by Crippen LogP contribution is 2.34. The van der Waals surface area contributed by atoms with E-state index in [9.17, 15) is 0 Å². The summed E-state index contributed by atoms with van der Waals surface area (Å²) in [5.74, 6) is 0.909. The molecule has 6 aromatic rings. The van der Waals surface area contributed by atoms with Crippen LogP contribution in [0.5, 0.6) is 0 Å². The lowest BCUT2D eigenvalue weighted by atomic mass is 10.0. The Labute approximate surface area is 241 Å². The summed E-state index contributed by atoms with van der Waals surface area (Å²) in [6.07, 6.45) is 3.66. The minimum atomic E-state index is 0.193. The third-order valence-electron chi connectivity index (χ3n) is 7.51. The molecule has 0 unspecified atom stereocenters. The zero-order valence-corrected chi connectivity index (χ0v) is 23.1. The van der Waals surface area contributed by atoms with Crippen molar-refractivity contribution in [2.75, 3.05) is 18.4 Å². The van der Waals surface area contributed by atoms with Crippen LogP contribution in [0, 0.1) is 11.3 Å². The second-order valence-electron chi connectivity index (χ2n) is 10.2. The van der Waals surface area contributed by atoms with Gasteiger partial charge >= 0.3 is 0 Å². The van der Waals surface area contributed by atoms with E-state index in [1.165, 1.54) is 5.56 Å². The fraction of sp³-hybridized carbons (Fsp3) is 0.188. The molecule has 1 saturated heterocycles. The van der Waals surface area contributed by atoms with E-state index in [1.807, 2.05) is 41.9 Å². The SMILES string of the molecule is N#Cc1nccc(NC2CCN(Cc3ccc(-c4nc5ccc6scnc6c5nc4-c4ccccc4)cc3)CC2)n1. The molecule has 41 heavy (non-hydrogen) atoms. The lowest BCUT2D eigenvalue weighted by molar-refractivity contribution is 0.211. The number of rotatable bonds is 6. The predicted molar refractivity (Wildman–Crippen MR) is 162 cm³/mol. The number of fused-ring (bicyclic) bond motifs is 3. The summed E-state index contributed by atoms with van der Waals surface area (Å²) in [5, 5.41) is 12.5. The van der Waals surface area contributed by atoms with Crippen LogP contribution in [-0.2, 0) is 6.54 Å². The summed E-state index contributed by atoms with van der Waals surface area (Å²) >= 11 is 1.62. The van der Waals surface area contributed by atoms with Crippen molar-refractivity contribution in [1.29, 1.82) is 5.26 Å². The van der Waals surface area contributed by atoms with Gasteiger partial charge in [-0.1, -0.05) is 54.6 Å². The minimum absolute atomic E-state index is 0.193. The highest BCUT2D eigenvalue weighted by atomic mass is 32.1. The van der Waals surface area contributed by atoms with Gasteiger partial charge in [0.1, 0.15) is 22.9 Å². The quantitative estimate of drug-likeness (QED) is 0.255. The summed E-state index contributed by atoms with van der Waals surface area (Å²) in [4.78, 5) is 25.5. The first-order chi connectivity index (χ1) is 20.2. The maximum Gasteiger partial charge on any atom is 0.234 e. The van der Waals surface area contributed by atoms with Crippen molar-refractivity contribution in [3.8, 4) is 28.6 Å². The van der Waals surface area contributed by atoms with Gasteiger partial charge in [-0.05, 0) is 36.6 Å². The Morgan fingerprint density at radius 3 is 2.41 bits per heavy atom. The van der Waals surface area contributed by atoms with Crippen LogP contribution in [0.25, 0.3) is 43.8 Å². The first-order valence-corrected chi connectivity index (χ1v) is 14.5. The van der Waals surface area contributed by atoms with Gasteiger partial charge in [0.25, 0.3) is 0 Å². The minimum Gasteiger partial charge on any atom is -0.367 e. The largest absolute Gasteiger partial charge is 0.367 e. The summed E-state index contributed by atoms with van der Waals surface area (Å²) in [7, 11) is 0. The third-order valence-corrected chi connectivity index (χ3v) is 8.30. The molecule has 7 rings (SSSR count). The first-order valence-electron chi connectivity index (χ1n) is 13.6. The van der Waals surface area contributed by atoms with Gasteiger partial charge in [-0.2, -0.15) is 5.26 Å². The molecule has 0 amide bonds. The number of nitrogens with one attached hydrogen (secondary N) is 1. The molecule has 0 saturated carbocycles. The summed E-state index contributed by atoms with van der Waals surface area (Å²) < 4.78 is 1.12. The Kier molecular flexibility index (Phi) is 6.77. The van der Waals surface area contributed by atoms with Gasteiger partial charge in [0.15, 0.2) is 0 Å². The molecule has 200 valence electrons. The molecule has 9 heteroatoms. The molecule has 0 atom stereocenters. The topological polar surface area (TPSA) is 104 Å². The van der Waals surface area contributed by atoms with E-state index in [2.05, 4.69) is 67.6 Å². The molecule has 0 bridgehead atoms.